The largest absolute Gasteiger partial charge is 0.493 e. The highest BCUT2D eigenvalue weighted by atomic mass is 16.6. The second-order valence-electron chi connectivity index (χ2n) is 5.58. The van der Waals surface area contributed by atoms with E-state index in [-0.39, 0.29) is 0 Å². The summed E-state index contributed by atoms with van der Waals surface area (Å²) in [5, 5.41) is 3.50. The molecule has 0 bridgehead atoms. The van der Waals surface area contributed by atoms with Gasteiger partial charge in [0, 0.05) is 19.7 Å². The van der Waals surface area contributed by atoms with Gasteiger partial charge in [-0.1, -0.05) is 0 Å². The van der Waals surface area contributed by atoms with E-state index in [1.165, 1.54) is 0 Å². The van der Waals surface area contributed by atoms with Crippen LogP contribution in [0.25, 0.3) is 0 Å². The maximum absolute atomic E-state index is 5.65. The molecule has 0 aliphatic carbocycles. The Morgan fingerprint density at radius 2 is 2.10 bits per heavy atom. The zero-order valence-electron chi connectivity index (χ0n) is 12.7. The first kappa shape index (κ1) is 14.5. The molecule has 2 unspecified atom stereocenters. The topological polar surface area (TPSA) is 49.0 Å². The zero-order chi connectivity index (χ0) is 14.7. The van der Waals surface area contributed by atoms with Crippen LogP contribution < -0.4 is 19.5 Å². The van der Waals surface area contributed by atoms with Gasteiger partial charge in [-0.15, -0.1) is 0 Å². The minimum absolute atomic E-state index is 0.354. The molecule has 1 saturated heterocycles. The Balaban J connectivity index is 1.62. The maximum Gasteiger partial charge on any atom is 0.203 e. The lowest BCUT2D eigenvalue weighted by Gasteiger charge is -2.22. The third-order valence-electron chi connectivity index (χ3n) is 4.16. The molecule has 1 fully saturated rings. The summed E-state index contributed by atoms with van der Waals surface area (Å²) in [4.78, 5) is 0. The van der Waals surface area contributed by atoms with Gasteiger partial charge in [-0.25, -0.2) is 0 Å². The van der Waals surface area contributed by atoms with Gasteiger partial charge in [0.15, 0.2) is 11.5 Å². The van der Waals surface area contributed by atoms with Crippen LogP contribution in [-0.4, -0.2) is 39.6 Å². The van der Waals surface area contributed by atoms with Crippen molar-refractivity contribution in [2.24, 2.45) is 5.92 Å². The maximum atomic E-state index is 5.65. The fourth-order valence-corrected chi connectivity index (χ4v) is 2.88. The fourth-order valence-electron chi connectivity index (χ4n) is 2.88. The number of methoxy groups -OCH3 is 1. The summed E-state index contributed by atoms with van der Waals surface area (Å²) in [6.07, 6.45) is 1.49. The summed E-state index contributed by atoms with van der Waals surface area (Å²) >= 11 is 0. The lowest BCUT2D eigenvalue weighted by molar-refractivity contribution is 0.105. The fraction of sp³-hybridized carbons (Fsp3) is 0.625. The van der Waals surface area contributed by atoms with Crippen molar-refractivity contribution in [3.8, 4) is 17.2 Å². The number of rotatable bonds is 5. The molecule has 1 N–H and O–H groups in total. The van der Waals surface area contributed by atoms with Gasteiger partial charge in [0.05, 0.1) is 13.2 Å². The summed E-state index contributed by atoms with van der Waals surface area (Å²) in [5.41, 5.74) is 1.14. The quantitative estimate of drug-likeness (QED) is 0.899. The minimum atomic E-state index is 0.354. The molecule has 0 radical (unpaired) electrons. The van der Waals surface area contributed by atoms with E-state index < -0.39 is 0 Å². The minimum Gasteiger partial charge on any atom is -0.493 e. The van der Waals surface area contributed by atoms with Crippen LogP contribution in [0, 0.1) is 5.92 Å². The predicted octanol–water partition coefficient (Wildman–Crippen LogP) is 1.98. The van der Waals surface area contributed by atoms with Crippen molar-refractivity contribution < 1.29 is 18.9 Å². The van der Waals surface area contributed by atoms with Crippen LogP contribution in [0.3, 0.4) is 0 Å². The van der Waals surface area contributed by atoms with Gasteiger partial charge in [0.1, 0.15) is 13.2 Å². The Morgan fingerprint density at radius 3 is 2.86 bits per heavy atom. The third kappa shape index (κ3) is 3.24. The number of hydrogen-bond donors (Lipinski definition) is 1. The molecule has 2 aliphatic heterocycles. The molecule has 2 atom stereocenters. The normalized spacial score (nSPS) is 24.1. The molecule has 0 saturated carbocycles. The molecule has 3 rings (SSSR count). The lowest BCUT2D eigenvalue weighted by Crippen LogP contribution is -2.26. The first-order valence-electron chi connectivity index (χ1n) is 7.56. The molecule has 2 heterocycles. The van der Waals surface area contributed by atoms with Crippen LogP contribution in [0.5, 0.6) is 17.2 Å². The zero-order valence-corrected chi connectivity index (χ0v) is 12.7. The van der Waals surface area contributed by atoms with Gasteiger partial charge in [-0.05, 0) is 37.0 Å². The summed E-state index contributed by atoms with van der Waals surface area (Å²) < 4.78 is 22.2. The van der Waals surface area contributed by atoms with Crippen molar-refractivity contribution >= 4 is 0 Å². The number of ether oxygens (including phenoxy) is 4. The Labute approximate surface area is 125 Å². The van der Waals surface area contributed by atoms with Crippen LogP contribution in [0.4, 0.5) is 0 Å². The number of hydrogen-bond acceptors (Lipinski definition) is 5. The van der Waals surface area contributed by atoms with E-state index in [0.717, 1.165) is 43.2 Å². The predicted molar refractivity (Wildman–Crippen MR) is 79.2 cm³/mol. The van der Waals surface area contributed by atoms with E-state index in [1.54, 1.807) is 7.11 Å². The molecule has 0 amide bonds. The van der Waals surface area contributed by atoms with Gasteiger partial charge >= 0.3 is 0 Å². The van der Waals surface area contributed by atoms with Gasteiger partial charge in [-0.2, -0.15) is 0 Å². The van der Waals surface area contributed by atoms with Crippen molar-refractivity contribution in [3.63, 3.8) is 0 Å². The molecule has 116 valence electrons. The average molecular weight is 293 g/mol. The van der Waals surface area contributed by atoms with Gasteiger partial charge in [0.2, 0.25) is 5.75 Å². The van der Waals surface area contributed by atoms with Crippen LogP contribution in [0.1, 0.15) is 18.9 Å². The smallest absolute Gasteiger partial charge is 0.203 e. The second-order valence-corrected chi connectivity index (χ2v) is 5.58. The molecule has 1 aromatic rings. The molecule has 5 heteroatoms. The van der Waals surface area contributed by atoms with E-state index in [9.17, 15) is 0 Å². The van der Waals surface area contributed by atoms with E-state index in [1.807, 2.05) is 12.1 Å². The molecule has 0 spiro atoms. The molecule has 21 heavy (non-hydrogen) atoms. The van der Waals surface area contributed by atoms with Crippen molar-refractivity contribution in [1.29, 1.82) is 0 Å². The highest BCUT2D eigenvalue weighted by Crippen LogP contribution is 2.40. The summed E-state index contributed by atoms with van der Waals surface area (Å²) in [6, 6.07) is 4.04. The number of nitrogens with one attached hydrogen (secondary N) is 1. The molecule has 1 aromatic carbocycles. The van der Waals surface area contributed by atoms with Gasteiger partial charge in [-0.3, -0.25) is 0 Å². The molecular weight excluding hydrogens is 270 g/mol. The van der Waals surface area contributed by atoms with Crippen molar-refractivity contribution in [1.82, 2.24) is 5.32 Å². The highest BCUT2D eigenvalue weighted by molar-refractivity contribution is 5.54. The van der Waals surface area contributed by atoms with Crippen LogP contribution in [0.2, 0.25) is 0 Å². The first-order chi connectivity index (χ1) is 10.3. The molecule has 2 aliphatic rings. The van der Waals surface area contributed by atoms with E-state index >= 15 is 0 Å². The monoisotopic (exact) mass is 293 g/mol. The first-order valence-corrected chi connectivity index (χ1v) is 7.56. The van der Waals surface area contributed by atoms with Gasteiger partial charge < -0.3 is 24.3 Å². The SMILES string of the molecule is COc1cc(CNCC2CCOC2C)cc2c1OCCO2. The average Bonchev–Trinajstić information content (AvgIpc) is 2.92. The Kier molecular flexibility index (Phi) is 4.51. The van der Waals surface area contributed by atoms with Crippen molar-refractivity contribution in [3.05, 3.63) is 17.7 Å². The number of fused-ring (bicyclic) bond motifs is 1. The Bertz CT molecular complexity index is 474. The van der Waals surface area contributed by atoms with Crippen molar-refractivity contribution in [2.75, 3.05) is 33.5 Å². The Hall–Kier alpha value is -1.46. The summed E-state index contributed by atoms with van der Waals surface area (Å²) in [6.45, 7) is 5.94. The third-order valence-corrected chi connectivity index (χ3v) is 4.16. The van der Waals surface area contributed by atoms with E-state index in [2.05, 4.69) is 12.2 Å². The molecule has 5 nitrogen and oxygen atoms in total. The highest BCUT2D eigenvalue weighted by Gasteiger charge is 2.23. The lowest BCUT2D eigenvalue weighted by atomic mass is 10.0. The number of benzene rings is 1. The second kappa shape index (κ2) is 6.54. The molecule has 0 aromatic heterocycles. The van der Waals surface area contributed by atoms with Crippen LogP contribution in [-0.2, 0) is 11.3 Å². The standard InChI is InChI=1S/C16H23NO4/c1-11-13(3-4-19-11)10-17-9-12-7-14(18-2)16-15(8-12)20-5-6-21-16/h7-8,11,13,17H,3-6,9-10H2,1-2H3. The summed E-state index contributed by atoms with van der Waals surface area (Å²) in [5.74, 6) is 2.82. The van der Waals surface area contributed by atoms with E-state index in [0.29, 0.717) is 31.0 Å². The molecular formula is C16H23NO4. The van der Waals surface area contributed by atoms with Crippen LogP contribution in [0.15, 0.2) is 12.1 Å². The van der Waals surface area contributed by atoms with Crippen molar-refractivity contribution in [2.45, 2.75) is 26.0 Å². The Morgan fingerprint density at radius 1 is 1.24 bits per heavy atom. The summed E-state index contributed by atoms with van der Waals surface area (Å²) in [7, 11) is 1.66. The van der Waals surface area contributed by atoms with Gasteiger partial charge in [0.25, 0.3) is 0 Å². The van der Waals surface area contributed by atoms with E-state index in [4.69, 9.17) is 18.9 Å². The van der Waals surface area contributed by atoms with Crippen LogP contribution >= 0.6 is 0 Å².